The van der Waals surface area contributed by atoms with E-state index in [0.717, 1.165) is 24.0 Å². The second-order valence-electron chi connectivity index (χ2n) is 5.45. The molecule has 0 saturated heterocycles. The first-order chi connectivity index (χ1) is 9.55. The van der Waals surface area contributed by atoms with Crippen LogP contribution in [-0.4, -0.2) is 25.8 Å². The van der Waals surface area contributed by atoms with E-state index in [-0.39, 0.29) is 5.75 Å². The lowest BCUT2D eigenvalue weighted by molar-refractivity contribution is 0.250. The molecule has 112 valence electrons. The van der Waals surface area contributed by atoms with Crippen LogP contribution in [0.25, 0.3) is 0 Å². The Morgan fingerprint density at radius 2 is 1.80 bits per heavy atom. The van der Waals surface area contributed by atoms with E-state index >= 15 is 0 Å². The number of benzene rings is 1. The Balaban J connectivity index is 2.03. The summed E-state index contributed by atoms with van der Waals surface area (Å²) in [6.07, 6.45) is 3.56. The van der Waals surface area contributed by atoms with E-state index in [4.69, 9.17) is 11.6 Å². The van der Waals surface area contributed by atoms with Crippen LogP contribution in [0.5, 0.6) is 0 Å². The first-order valence-electron chi connectivity index (χ1n) is 7.16. The van der Waals surface area contributed by atoms with Gasteiger partial charge in [0.25, 0.3) is 0 Å². The highest BCUT2D eigenvalue weighted by atomic mass is 35.5. The molecule has 1 aliphatic carbocycles. The Morgan fingerprint density at radius 1 is 1.20 bits per heavy atom. The van der Waals surface area contributed by atoms with E-state index in [1.165, 1.54) is 6.42 Å². The Hall–Kier alpha value is -0.580. The van der Waals surface area contributed by atoms with Crippen molar-refractivity contribution < 1.29 is 8.42 Å². The fraction of sp³-hybridized carbons (Fsp3) is 0.600. The maximum absolute atomic E-state index is 12.5. The molecule has 0 spiro atoms. The van der Waals surface area contributed by atoms with E-state index in [9.17, 15) is 8.42 Å². The maximum atomic E-state index is 12.5. The fourth-order valence-electron chi connectivity index (χ4n) is 2.43. The van der Waals surface area contributed by atoms with Crippen LogP contribution in [0.2, 0.25) is 0 Å². The average molecular weight is 316 g/mol. The van der Waals surface area contributed by atoms with E-state index in [1.54, 1.807) is 4.31 Å². The lowest BCUT2D eigenvalue weighted by Crippen LogP contribution is -2.37. The Kier molecular flexibility index (Phi) is 5.47. The third kappa shape index (κ3) is 3.96. The average Bonchev–Trinajstić information content (AvgIpc) is 2.37. The second-order valence-corrected chi connectivity index (χ2v) is 7.69. The summed E-state index contributed by atoms with van der Waals surface area (Å²) in [5.74, 6) is 1.09. The number of halogens is 1. The quantitative estimate of drug-likeness (QED) is 0.723. The third-order valence-electron chi connectivity index (χ3n) is 3.96. The molecule has 3 nitrogen and oxygen atoms in total. The summed E-state index contributed by atoms with van der Waals surface area (Å²) in [6, 6.07) is 7.49. The van der Waals surface area contributed by atoms with Gasteiger partial charge in [-0.3, -0.25) is 0 Å². The summed E-state index contributed by atoms with van der Waals surface area (Å²) in [5.41, 5.74) is 1.83. The molecule has 1 aliphatic rings. The zero-order valence-corrected chi connectivity index (χ0v) is 13.5. The molecule has 1 fully saturated rings. The molecule has 0 atom stereocenters. The third-order valence-corrected chi connectivity index (χ3v) is 6.16. The van der Waals surface area contributed by atoms with Gasteiger partial charge in [-0.25, -0.2) is 12.7 Å². The van der Waals surface area contributed by atoms with Crippen molar-refractivity contribution in [2.45, 2.75) is 37.8 Å². The van der Waals surface area contributed by atoms with Crippen LogP contribution < -0.4 is 0 Å². The number of sulfonamides is 1. The van der Waals surface area contributed by atoms with Crippen molar-refractivity contribution in [3.63, 3.8) is 0 Å². The van der Waals surface area contributed by atoms with Gasteiger partial charge in [0.05, 0.1) is 5.75 Å². The minimum atomic E-state index is -3.22. The highest BCUT2D eigenvalue weighted by Crippen LogP contribution is 2.28. The van der Waals surface area contributed by atoms with Gasteiger partial charge < -0.3 is 0 Å². The molecule has 0 aliphatic heterocycles. The van der Waals surface area contributed by atoms with Gasteiger partial charge in [0, 0.05) is 19.0 Å². The monoisotopic (exact) mass is 315 g/mol. The van der Waals surface area contributed by atoms with E-state index < -0.39 is 10.0 Å². The molecule has 2 rings (SSSR count). The molecule has 20 heavy (non-hydrogen) atoms. The van der Waals surface area contributed by atoms with Crippen LogP contribution in [-0.2, 0) is 21.7 Å². The number of hydrogen-bond donors (Lipinski definition) is 0. The zero-order valence-electron chi connectivity index (χ0n) is 11.9. The van der Waals surface area contributed by atoms with Crippen molar-refractivity contribution in [1.29, 1.82) is 0 Å². The largest absolute Gasteiger partial charge is 0.218 e. The lowest BCUT2D eigenvalue weighted by atomic mass is 9.85. The van der Waals surface area contributed by atoms with Gasteiger partial charge in [-0.15, -0.1) is 11.6 Å². The Morgan fingerprint density at radius 3 is 2.25 bits per heavy atom. The van der Waals surface area contributed by atoms with Crippen molar-refractivity contribution in [3.05, 3.63) is 35.4 Å². The molecule has 0 amide bonds. The van der Waals surface area contributed by atoms with Crippen LogP contribution >= 0.6 is 11.6 Å². The summed E-state index contributed by atoms with van der Waals surface area (Å²) in [4.78, 5) is 0. The minimum absolute atomic E-state index is 0.0795. The predicted octanol–water partition coefficient (Wildman–Crippen LogP) is 3.38. The standard InChI is InChI=1S/C15H22ClNO2S/c1-2-17(11-14-4-3-5-14)20(18,19)12-15-8-6-13(10-16)7-9-15/h6-9,14H,2-5,10-12H2,1H3. The zero-order chi connectivity index (χ0) is 14.6. The summed E-state index contributed by atoms with van der Waals surface area (Å²) >= 11 is 5.74. The van der Waals surface area contributed by atoms with Crippen LogP contribution in [0.3, 0.4) is 0 Å². The molecule has 5 heteroatoms. The van der Waals surface area contributed by atoms with Gasteiger partial charge in [-0.2, -0.15) is 0 Å². The van der Waals surface area contributed by atoms with E-state index in [1.807, 2.05) is 31.2 Å². The molecule has 0 aromatic heterocycles. The highest BCUT2D eigenvalue weighted by Gasteiger charge is 2.27. The van der Waals surface area contributed by atoms with Crippen molar-refractivity contribution in [3.8, 4) is 0 Å². The number of hydrogen-bond acceptors (Lipinski definition) is 2. The van der Waals surface area contributed by atoms with Crippen LogP contribution in [0.1, 0.15) is 37.3 Å². The van der Waals surface area contributed by atoms with E-state index in [0.29, 0.717) is 24.9 Å². The van der Waals surface area contributed by atoms with Crippen molar-refractivity contribution >= 4 is 21.6 Å². The Bertz CT molecular complexity index is 523. The molecule has 0 radical (unpaired) electrons. The number of alkyl halides is 1. The van der Waals surface area contributed by atoms with Crippen molar-refractivity contribution in [2.75, 3.05) is 13.1 Å². The van der Waals surface area contributed by atoms with Crippen LogP contribution in [0, 0.1) is 5.92 Å². The summed E-state index contributed by atoms with van der Waals surface area (Å²) in [7, 11) is -3.22. The van der Waals surface area contributed by atoms with Gasteiger partial charge in [0.2, 0.25) is 10.0 Å². The maximum Gasteiger partial charge on any atom is 0.218 e. The molecule has 1 aromatic carbocycles. The molecule has 0 N–H and O–H groups in total. The predicted molar refractivity (Wildman–Crippen MR) is 83.2 cm³/mol. The lowest BCUT2D eigenvalue weighted by Gasteiger charge is -2.31. The number of nitrogens with zero attached hydrogens (tertiary/aromatic N) is 1. The fourth-order valence-corrected chi connectivity index (χ4v) is 4.23. The minimum Gasteiger partial charge on any atom is -0.212 e. The summed E-state index contributed by atoms with van der Waals surface area (Å²) < 4.78 is 26.6. The van der Waals surface area contributed by atoms with Crippen molar-refractivity contribution in [1.82, 2.24) is 4.31 Å². The topological polar surface area (TPSA) is 37.4 Å². The normalized spacial score (nSPS) is 16.4. The Labute approximate surface area is 127 Å². The number of rotatable bonds is 7. The summed E-state index contributed by atoms with van der Waals surface area (Å²) in [5, 5.41) is 0. The smallest absolute Gasteiger partial charge is 0.212 e. The van der Waals surface area contributed by atoms with Gasteiger partial charge >= 0.3 is 0 Å². The molecular weight excluding hydrogens is 294 g/mol. The molecule has 1 saturated carbocycles. The van der Waals surface area contributed by atoms with Crippen LogP contribution in [0.15, 0.2) is 24.3 Å². The highest BCUT2D eigenvalue weighted by molar-refractivity contribution is 7.88. The van der Waals surface area contributed by atoms with Crippen LogP contribution in [0.4, 0.5) is 0 Å². The SMILES string of the molecule is CCN(CC1CCC1)S(=O)(=O)Cc1ccc(CCl)cc1. The first kappa shape index (κ1) is 15.8. The van der Waals surface area contributed by atoms with Gasteiger partial charge in [0.1, 0.15) is 0 Å². The van der Waals surface area contributed by atoms with Crippen molar-refractivity contribution in [2.24, 2.45) is 5.92 Å². The van der Waals surface area contributed by atoms with E-state index in [2.05, 4.69) is 0 Å². The molecule has 0 bridgehead atoms. The molecule has 0 heterocycles. The second kappa shape index (κ2) is 6.92. The van der Waals surface area contributed by atoms with Gasteiger partial charge in [-0.05, 0) is 29.9 Å². The molecular formula is C15H22ClNO2S. The molecule has 1 aromatic rings. The van der Waals surface area contributed by atoms with Gasteiger partial charge in [-0.1, -0.05) is 37.6 Å². The first-order valence-corrected chi connectivity index (χ1v) is 9.31. The molecule has 0 unspecified atom stereocenters. The van der Waals surface area contributed by atoms with Gasteiger partial charge in [0.15, 0.2) is 0 Å². The summed E-state index contributed by atoms with van der Waals surface area (Å²) in [6.45, 7) is 3.14.